The van der Waals surface area contributed by atoms with Gasteiger partial charge in [-0.3, -0.25) is 19.0 Å². The highest BCUT2D eigenvalue weighted by atomic mass is 19.4. The van der Waals surface area contributed by atoms with Crippen molar-refractivity contribution in [2.24, 2.45) is 7.05 Å². The van der Waals surface area contributed by atoms with E-state index in [4.69, 9.17) is 0 Å². The van der Waals surface area contributed by atoms with Crippen LogP contribution in [0.4, 0.5) is 13.2 Å². The third kappa shape index (κ3) is 2.79. The van der Waals surface area contributed by atoms with E-state index in [1.165, 1.54) is 21.6 Å². The van der Waals surface area contributed by atoms with E-state index in [0.29, 0.717) is 0 Å². The SMILES string of the molecule is CC[C@](O)(c1ccc(C(F)(F)F)nc1)c1c2ncn(C3CC3)c(=O)c2nn1C. The van der Waals surface area contributed by atoms with E-state index in [2.05, 4.69) is 15.1 Å². The summed E-state index contributed by atoms with van der Waals surface area (Å²) < 4.78 is 41.3. The van der Waals surface area contributed by atoms with Crippen molar-refractivity contribution >= 4 is 11.0 Å². The van der Waals surface area contributed by atoms with Crippen molar-refractivity contribution < 1.29 is 18.3 Å². The highest BCUT2D eigenvalue weighted by Crippen LogP contribution is 2.37. The summed E-state index contributed by atoms with van der Waals surface area (Å²) in [6.07, 6.45) is -0.198. The number of hydrogen-bond acceptors (Lipinski definition) is 5. The molecule has 0 bridgehead atoms. The lowest BCUT2D eigenvalue weighted by atomic mass is 9.88. The molecular weight excluding hydrogens is 375 g/mol. The minimum Gasteiger partial charge on any atom is -0.379 e. The minimum atomic E-state index is -4.57. The summed E-state index contributed by atoms with van der Waals surface area (Å²) in [6, 6.07) is 2.13. The van der Waals surface area contributed by atoms with E-state index >= 15 is 0 Å². The van der Waals surface area contributed by atoms with Crippen LogP contribution in [0.1, 0.15) is 49.2 Å². The van der Waals surface area contributed by atoms with Crippen molar-refractivity contribution in [2.45, 2.75) is 44.0 Å². The van der Waals surface area contributed by atoms with Crippen molar-refractivity contribution in [2.75, 3.05) is 0 Å². The second-order valence-corrected chi connectivity index (χ2v) is 7.00. The zero-order chi connectivity index (χ0) is 20.3. The first-order chi connectivity index (χ1) is 13.2. The Morgan fingerprint density at radius 3 is 2.46 bits per heavy atom. The number of fused-ring (bicyclic) bond motifs is 1. The van der Waals surface area contributed by atoms with Crippen LogP contribution in [0.3, 0.4) is 0 Å². The predicted molar refractivity (Wildman–Crippen MR) is 93.6 cm³/mol. The molecule has 0 saturated heterocycles. The number of hydrogen-bond donors (Lipinski definition) is 1. The molecule has 0 spiro atoms. The Labute approximate surface area is 157 Å². The van der Waals surface area contributed by atoms with Gasteiger partial charge in [-0.1, -0.05) is 13.0 Å². The van der Waals surface area contributed by atoms with Gasteiger partial charge in [-0.15, -0.1) is 0 Å². The molecule has 3 heterocycles. The molecule has 0 radical (unpaired) electrons. The third-order valence-electron chi connectivity index (χ3n) is 5.15. The molecule has 1 saturated carbocycles. The largest absolute Gasteiger partial charge is 0.433 e. The minimum absolute atomic E-state index is 0.124. The predicted octanol–water partition coefficient (Wildman–Crippen LogP) is 2.52. The molecule has 0 aromatic carbocycles. The number of aliphatic hydroxyl groups is 1. The molecule has 1 atom stereocenters. The maximum atomic E-state index is 12.8. The van der Waals surface area contributed by atoms with Gasteiger partial charge in [0.05, 0.1) is 6.33 Å². The van der Waals surface area contributed by atoms with Crippen molar-refractivity contribution in [3.63, 3.8) is 0 Å². The summed E-state index contributed by atoms with van der Waals surface area (Å²) in [7, 11) is 1.57. The van der Waals surface area contributed by atoms with Crippen LogP contribution in [-0.4, -0.2) is 29.4 Å². The second-order valence-electron chi connectivity index (χ2n) is 7.00. The molecule has 28 heavy (non-hydrogen) atoms. The van der Waals surface area contributed by atoms with Gasteiger partial charge < -0.3 is 5.11 Å². The number of nitrogens with zero attached hydrogens (tertiary/aromatic N) is 5. The summed E-state index contributed by atoms with van der Waals surface area (Å²) in [5.41, 5.74) is -2.28. The summed E-state index contributed by atoms with van der Waals surface area (Å²) >= 11 is 0. The molecule has 0 aliphatic heterocycles. The Morgan fingerprint density at radius 2 is 1.93 bits per heavy atom. The lowest BCUT2D eigenvalue weighted by molar-refractivity contribution is -0.141. The fourth-order valence-electron chi connectivity index (χ4n) is 3.46. The summed E-state index contributed by atoms with van der Waals surface area (Å²) in [4.78, 5) is 20.5. The number of pyridine rings is 1. The van der Waals surface area contributed by atoms with E-state index in [1.807, 2.05) is 0 Å². The maximum Gasteiger partial charge on any atom is 0.433 e. The first-order valence-corrected chi connectivity index (χ1v) is 8.87. The van der Waals surface area contributed by atoms with Gasteiger partial charge in [0.25, 0.3) is 5.56 Å². The number of aromatic nitrogens is 5. The van der Waals surface area contributed by atoms with Crippen LogP contribution in [0.5, 0.6) is 0 Å². The second kappa shape index (κ2) is 6.13. The lowest BCUT2D eigenvalue weighted by Crippen LogP contribution is -2.30. The molecular formula is C18H18F3N5O2. The van der Waals surface area contributed by atoms with Crippen LogP contribution < -0.4 is 5.56 Å². The monoisotopic (exact) mass is 393 g/mol. The molecule has 148 valence electrons. The van der Waals surface area contributed by atoms with Crippen LogP contribution in [0.25, 0.3) is 11.0 Å². The maximum absolute atomic E-state index is 12.8. The van der Waals surface area contributed by atoms with Gasteiger partial charge in [-0.05, 0) is 25.3 Å². The quantitative estimate of drug-likeness (QED) is 0.736. The molecule has 10 heteroatoms. The first kappa shape index (κ1) is 18.6. The molecule has 1 fully saturated rings. The van der Waals surface area contributed by atoms with E-state index in [0.717, 1.165) is 25.1 Å². The van der Waals surface area contributed by atoms with Crippen LogP contribution in [0, 0.1) is 0 Å². The van der Waals surface area contributed by atoms with Crippen LogP contribution in [0.15, 0.2) is 29.5 Å². The number of aryl methyl sites for hydroxylation is 1. The van der Waals surface area contributed by atoms with E-state index in [-0.39, 0.29) is 40.3 Å². The lowest BCUT2D eigenvalue weighted by Gasteiger charge is -2.27. The molecule has 4 rings (SSSR count). The summed E-state index contributed by atoms with van der Waals surface area (Å²) in [6.45, 7) is 1.68. The highest BCUT2D eigenvalue weighted by molar-refractivity contribution is 5.77. The van der Waals surface area contributed by atoms with E-state index < -0.39 is 17.5 Å². The van der Waals surface area contributed by atoms with Crippen molar-refractivity contribution in [3.8, 4) is 0 Å². The fraction of sp³-hybridized carbons (Fsp3) is 0.444. The average molecular weight is 393 g/mol. The van der Waals surface area contributed by atoms with Gasteiger partial charge in [-0.2, -0.15) is 18.3 Å². The van der Waals surface area contributed by atoms with Crippen LogP contribution in [0.2, 0.25) is 0 Å². The standard InChI is InChI=1S/C18H18F3N5O2/c1-3-17(28,10-4-7-12(22-8-10)18(19,20)21)15-13-14(24-25(15)2)16(27)26(9-23-13)11-5-6-11/h4,7-9,11,28H,3,5-6H2,1-2H3/t17-/m0/s1. The zero-order valence-electron chi connectivity index (χ0n) is 15.2. The van der Waals surface area contributed by atoms with E-state index in [9.17, 15) is 23.1 Å². The van der Waals surface area contributed by atoms with Gasteiger partial charge in [0, 0.05) is 24.8 Å². The van der Waals surface area contributed by atoms with Crippen molar-refractivity contribution in [1.29, 1.82) is 0 Å². The van der Waals surface area contributed by atoms with Gasteiger partial charge >= 0.3 is 6.18 Å². The Morgan fingerprint density at radius 1 is 1.21 bits per heavy atom. The highest BCUT2D eigenvalue weighted by Gasteiger charge is 2.39. The Balaban J connectivity index is 1.87. The molecule has 1 aliphatic carbocycles. The summed E-state index contributed by atoms with van der Waals surface area (Å²) in [5.74, 6) is 0. The number of alkyl halides is 3. The van der Waals surface area contributed by atoms with Gasteiger partial charge in [0.1, 0.15) is 22.5 Å². The average Bonchev–Trinajstić information content (AvgIpc) is 3.43. The number of rotatable bonds is 4. The smallest absolute Gasteiger partial charge is 0.379 e. The Kier molecular flexibility index (Phi) is 4.07. The Bertz CT molecular complexity index is 1100. The molecule has 1 N–H and O–H groups in total. The fourth-order valence-corrected chi connectivity index (χ4v) is 3.46. The molecule has 0 unspecified atom stereocenters. The first-order valence-electron chi connectivity index (χ1n) is 8.87. The van der Waals surface area contributed by atoms with Gasteiger partial charge in [0.2, 0.25) is 0 Å². The van der Waals surface area contributed by atoms with Crippen molar-refractivity contribution in [1.82, 2.24) is 24.3 Å². The number of halogens is 3. The Hall–Kier alpha value is -2.75. The van der Waals surface area contributed by atoms with Gasteiger partial charge in [0.15, 0.2) is 5.52 Å². The van der Waals surface area contributed by atoms with E-state index in [1.54, 1.807) is 14.0 Å². The zero-order valence-corrected chi connectivity index (χ0v) is 15.2. The van der Waals surface area contributed by atoms with Crippen LogP contribution >= 0.6 is 0 Å². The molecule has 1 aliphatic rings. The molecule has 7 nitrogen and oxygen atoms in total. The van der Waals surface area contributed by atoms with Gasteiger partial charge in [-0.25, -0.2) is 4.98 Å². The van der Waals surface area contributed by atoms with Crippen LogP contribution in [-0.2, 0) is 18.8 Å². The van der Waals surface area contributed by atoms with Crippen molar-refractivity contribution in [3.05, 3.63) is 52.0 Å². The normalized spacial score (nSPS) is 17.1. The third-order valence-corrected chi connectivity index (χ3v) is 5.15. The molecule has 0 amide bonds. The molecule has 3 aromatic heterocycles. The molecule has 3 aromatic rings. The topological polar surface area (TPSA) is 85.8 Å². The summed E-state index contributed by atoms with van der Waals surface area (Å²) in [5, 5.41) is 15.6.